The Morgan fingerprint density at radius 1 is 1.23 bits per heavy atom. The van der Waals surface area contributed by atoms with Crippen LogP contribution in [-0.4, -0.2) is 17.2 Å². The van der Waals surface area contributed by atoms with Crippen LogP contribution in [-0.2, 0) is 0 Å². The Balaban J connectivity index is 2.00. The fraction of sp³-hybridized carbons (Fsp3) is 0.294. The van der Waals surface area contributed by atoms with Gasteiger partial charge in [-0.15, -0.1) is 0 Å². The molecule has 2 aromatic rings. The summed E-state index contributed by atoms with van der Waals surface area (Å²) >= 11 is 5.37. The molecule has 1 unspecified atom stereocenters. The zero-order valence-corrected chi connectivity index (χ0v) is 14.1. The Labute approximate surface area is 136 Å². The maximum absolute atomic E-state index is 5.37. The van der Waals surface area contributed by atoms with Crippen molar-refractivity contribution in [2.24, 2.45) is 0 Å². The van der Waals surface area contributed by atoms with Gasteiger partial charge in [-0.05, 0) is 50.2 Å². The van der Waals surface area contributed by atoms with Gasteiger partial charge in [-0.3, -0.25) is 0 Å². The lowest BCUT2D eigenvalue weighted by Crippen LogP contribution is -2.31. The van der Waals surface area contributed by atoms with Crippen LogP contribution in [0.4, 0.5) is 5.69 Å². The Bertz CT molecular complexity index is 655. The summed E-state index contributed by atoms with van der Waals surface area (Å²) in [6.45, 7) is 6.30. The zero-order valence-electron chi connectivity index (χ0n) is 13.3. The summed E-state index contributed by atoms with van der Waals surface area (Å²) in [5.74, 6) is 0.577. The third-order valence-corrected chi connectivity index (χ3v) is 3.67. The van der Waals surface area contributed by atoms with E-state index < -0.39 is 0 Å². The standard InChI is InChI=1S/C17H21N3OS/c1-11-5-6-12(2)15(9-11)13(3)19-17(22)20-14-7-8-16(21-4)18-10-14/h5-10,13H,1-4H3,(H2,19,20,22). The monoisotopic (exact) mass is 315 g/mol. The first kappa shape index (κ1) is 16.2. The van der Waals surface area contributed by atoms with E-state index in [4.69, 9.17) is 17.0 Å². The lowest BCUT2D eigenvalue weighted by molar-refractivity contribution is 0.398. The number of thiocarbonyl (C=S) groups is 1. The Hall–Kier alpha value is -2.14. The summed E-state index contributed by atoms with van der Waals surface area (Å²) < 4.78 is 5.03. The third-order valence-electron chi connectivity index (χ3n) is 3.45. The number of rotatable bonds is 4. The van der Waals surface area contributed by atoms with Gasteiger partial charge >= 0.3 is 0 Å². The number of pyridine rings is 1. The molecule has 1 aromatic carbocycles. The predicted molar refractivity (Wildman–Crippen MR) is 94.5 cm³/mol. The minimum absolute atomic E-state index is 0.131. The molecule has 0 aliphatic carbocycles. The molecule has 0 bridgehead atoms. The van der Waals surface area contributed by atoms with Crippen molar-refractivity contribution in [1.29, 1.82) is 0 Å². The molecule has 4 nitrogen and oxygen atoms in total. The third kappa shape index (κ3) is 4.18. The van der Waals surface area contributed by atoms with Crippen LogP contribution in [0.1, 0.15) is 29.7 Å². The van der Waals surface area contributed by atoms with Crippen LogP contribution in [0, 0.1) is 13.8 Å². The van der Waals surface area contributed by atoms with Crippen molar-refractivity contribution in [2.45, 2.75) is 26.8 Å². The van der Waals surface area contributed by atoms with E-state index >= 15 is 0 Å². The fourth-order valence-corrected chi connectivity index (χ4v) is 2.54. The number of aromatic nitrogens is 1. The second-order valence-corrected chi connectivity index (χ2v) is 5.68. The topological polar surface area (TPSA) is 46.2 Å². The Kier molecular flexibility index (Phi) is 5.33. The first-order valence-electron chi connectivity index (χ1n) is 7.14. The van der Waals surface area contributed by atoms with Gasteiger partial charge in [0, 0.05) is 6.07 Å². The van der Waals surface area contributed by atoms with Crippen LogP contribution >= 0.6 is 12.2 Å². The van der Waals surface area contributed by atoms with Crippen molar-refractivity contribution < 1.29 is 4.74 Å². The van der Waals surface area contributed by atoms with Crippen LogP contribution in [0.5, 0.6) is 5.88 Å². The highest BCUT2D eigenvalue weighted by atomic mass is 32.1. The highest BCUT2D eigenvalue weighted by Gasteiger charge is 2.10. The van der Waals surface area contributed by atoms with Crippen LogP contribution in [0.25, 0.3) is 0 Å². The van der Waals surface area contributed by atoms with Gasteiger partial charge in [0.05, 0.1) is 25.0 Å². The summed E-state index contributed by atoms with van der Waals surface area (Å²) in [6, 6.07) is 10.2. The van der Waals surface area contributed by atoms with E-state index in [2.05, 4.69) is 54.6 Å². The SMILES string of the molecule is COc1ccc(NC(=S)NC(C)c2cc(C)ccc2C)cn1. The molecule has 0 aliphatic rings. The Morgan fingerprint density at radius 2 is 2.00 bits per heavy atom. The average Bonchev–Trinajstić information content (AvgIpc) is 2.50. The number of aryl methyl sites for hydroxylation is 2. The second-order valence-electron chi connectivity index (χ2n) is 5.27. The summed E-state index contributed by atoms with van der Waals surface area (Å²) in [5.41, 5.74) is 4.57. The van der Waals surface area contributed by atoms with Gasteiger partial charge in [-0.25, -0.2) is 4.98 Å². The molecule has 1 aromatic heterocycles. The van der Waals surface area contributed by atoms with Crippen molar-refractivity contribution in [3.63, 3.8) is 0 Å². The van der Waals surface area contributed by atoms with Gasteiger partial charge in [-0.1, -0.05) is 23.8 Å². The molecule has 0 aliphatic heterocycles. The van der Waals surface area contributed by atoms with Gasteiger partial charge in [0.2, 0.25) is 5.88 Å². The summed E-state index contributed by atoms with van der Waals surface area (Å²) in [7, 11) is 1.59. The van der Waals surface area contributed by atoms with Gasteiger partial charge in [0.1, 0.15) is 0 Å². The van der Waals surface area contributed by atoms with E-state index in [0.29, 0.717) is 11.0 Å². The number of hydrogen-bond acceptors (Lipinski definition) is 3. The predicted octanol–water partition coefficient (Wildman–Crippen LogP) is 3.75. The van der Waals surface area contributed by atoms with Gasteiger partial charge in [0.15, 0.2) is 5.11 Å². The van der Waals surface area contributed by atoms with Crippen molar-refractivity contribution in [3.8, 4) is 5.88 Å². The highest BCUT2D eigenvalue weighted by molar-refractivity contribution is 7.80. The van der Waals surface area contributed by atoms with Gasteiger partial charge < -0.3 is 15.4 Å². The van der Waals surface area contributed by atoms with E-state index in [0.717, 1.165) is 5.69 Å². The maximum Gasteiger partial charge on any atom is 0.213 e. The van der Waals surface area contributed by atoms with Crippen molar-refractivity contribution >= 4 is 23.0 Å². The summed E-state index contributed by atoms with van der Waals surface area (Å²) in [4.78, 5) is 4.14. The molecule has 0 fully saturated rings. The molecule has 0 saturated carbocycles. The number of nitrogens with one attached hydrogen (secondary N) is 2. The zero-order chi connectivity index (χ0) is 16.1. The van der Waals surface area contributed by atoms with E-state index in [9.17, 15) is 0 Å². The number of nitrogens with zero attached hydrogens (tertiary/aromatic N) is 1. The second kappa shape index (κ2) is 7.22. The lowest BCUT2D eigenvalue weighted by Gasteiger charge is -2.19. The first-order chi connectivity index (χ1) is 10.5. The van der Waals surface area contributed by atoms with E-state index in [1.165, 1.54) is 16.7 Å². The quantitative estimate of drug-likeness (QED) is 0.841. The minimum atomic E-state index is 0.131. The van der Waals surface area contributed by atoms with Crippen molar-refractivity contribution in [1.82, 2.24) is 10.3 Å². The molecule has 0 amide bonds. The molecule has 2 N–H and O–H groups in total. The van der Waals surface area contributed by atoms with E-state index in [1.54, 1.807) is 19.4 Å². The largest absolute Gasteiger partial charge is 0.481 e. The van der Waals surface area contributed by atoms with Crippen LogP contribution in [0.2, 0.25) is 0 Å². The normalized spacial score (nSPS) is 11.6. The number of methoxy groups -OCH3 is 1. The molecule has 116 valence electrons. The molecular weight excluding hydrogens is 294 g/mol. The number of hydrogen-bond donors (Lipinski definition) is 2. The molecule has 5 heteroatoms. The van der Waals surface area contributed by atoms with Crippen LogP contribution < -0.4 is 15.4 Å². The van der Waals surface area contributed by atoms with Crippen molar-refractivity contribution in [2.75, 3.05) is 12.4 Å². The molecule has 1 heterocycles. The molecule has 0 spiro atoms. The maximum atomic E-state index is 5.37. The summed E-state index contributed by atoms with van der Waals surface area (Å²) in [6.07, 6.45) is 1.69. The molecular formula is C17H21N3OS. The van der Waals surface area contributed by atoms with E-state index in [1.807, 2.05) is 6.07 Å². The number of anilines is 1. The summed E-state index contributed by atoms with van der Waals surface area (Å²) in [5, 5.41) is 7.00. The smallest absolute Gasteiger partial charge is 0.213 e. The van der Waals surface area contributed by atoms with Gasteiger partial charge in [-0.2, -0.15) is 0 Å². The average molecular weight is 315 g/mol. The first-order valence-corrected chi connectivity index (χ1v) is 7.55. The molecule has 0 saturated heterocycles. The molecule has 1 atom stereocenters. The van der Waals surface area contributed by atoms with E-state index in [-0.39, 0.29) is 6.04 Å². The molecule has 2 rings (SSSR count). The molecule has 0 radical (unpaired) electrons. The van der Waals surface area contributed by atoms with Crippen LogP contribution in [0.3, 0.4) is 0 Å². The van der Waals surface area contributed by atoms with Crippen LogP contribution in [0.15, 0.2) is 36.5 Å². The Morgan fingerprint density at radius 3 is 2.64 bits per heavy atom. The van der Waals surface area contributed by atoms with Gasteiger partial charge in [0.25, 0.3) is 0 Å². The number of ether oxygens (including phenoxy) is 1. The molecule has 22 heavy (non-hydrogen) atoms. The highest BCUT2D eigenvalue weighted by Crippen LogP contribution is 2.19. The minimum Gasteiger partial charge on any atom is -0.481 e. The lowest BCUT2D eigenvalue weighted by atomic mass is 10.0. The fourth-order valence-electron chi connectivity index (χ4n) is 2.24. The number of benzene rings is 1. The van der Waals surface area contributed by atoms with Crippen molar-refractivity contribution in [3.05, 3.63) is 53.2 Å².